The smallest absolute Gasteiger partial charge is 0.233 e. The maximum atomic E-state index is 12.5. The first kappa shape index (κ1) is 23.0. The summed E-state index contributed by atoms with van der Waals surface area (Å²) in [5.74, 6) is 0.842. The summed E-state index contributed by atoms with van der Waals surface area (Å²) in [6.07, 6.45) is 1.46. The Morgan fingerprint density at radius 1 is 1.16 bits per heavy atom. The van der Waals surface area contributed by atoms with Gasteiger partial charge in [-0.25, -0.2) is 0 Å². The summed E-state index contributed by atoms with van der Waals surface area (Å²) < 4.78 is 7.12. The van der Waals surface area contributed by atoms with Crippen LogP contribution in [0.25, 0.3) is 5.69 Å². The summed E-state index contributed by atoms with van der Waals surface area (Å²) >= 11 is 1.43. The number of hydrogen-bond donors (Lipinski definition) is 1. The molecule has 0 radical (unpaired) electrons. The summed E-state index contributed by atoms with van der Waals surface area (Å²) in [6, 6.07) is 16.6. The number of benzene rings is 2. The van der Waals surface area contributed by atoms with E-state index in [1.807, 2.05) is 25.1 Å². The van der Waals surface area contributed by atoms with Crippen LogP contribution in [0.3, 0.4) is 0 Å². The second-order valence-corrected chi connectivity index (χ2v) is 8.89. The van der Waals surface area contributed by atoms with Gasteiger partial charge in [-0.1, -0.05) is 59.8 Å². The first-order chi connectivity index (χ1) is 15.0. The van der Waals surface area contributed by atoms with E-state index in [2.05, 4.69) is 64.3 Å². The molecule has 0 spiro atoms. The van der Waals surface area contributed by atoms with Crippen molar-refractivity contribution in [3.05, 3.63) is 71.0 Å². The molecule has 0 saturated carbocycles. The summed E-state index contributed by atoms with van der Waals surface area (Å²) in [5, 5.41) is 12.3. The summed E-state index contributed by atoms with van der Waals surface area (Å²) in [6.45, 7) is 7.30. The van der Waals surface area contributed by atoms with Crippen molar-refractivity contribution in [3.8, 4) is 5.69 Å². The first-order valence-electron chi connectivity index (χ1n) is 10.5. The summed E-state index contributed by atoms with van der Waals surface area (Å²) in [5.41, 5.74) is 4.56. The van der Waals surface area contributed by atoms with Gasteiger partial charge in [0.05, 0.1) is 10.9 Å². The van der Waals surface area contributed by atoms with Crippen LogP contribution in [0.15, 0.2) is 53.7 Å². The quantitative estimate of drug-likeness (QED) is 0.381. The number of hydrogen-bond acceptors (Lipinski definition) is 5. The molecule has 0 fully saturated rings. The summed E-state index contributed by atoms with van der Waals surface area (Å²) in [7, 11) is 1.66. The van der Waals surface area contributed by atoms with E-state index in [9.17, 15) is 4.79 Å². The maximum absolute atomic E-state index is 12.5. The van der Waals surface area contributed by atoms with E-state index in [0.717, 1.165) is 28.7 Å². The molecule has 31 heavy (non-hydrogen) atoms. The van der Waals surface area contributed by atoms with E-state index in [4.69, 9.17) is 4.74 Å². The Labute approximate surface area is 188 Å². The highest BCUT2D eigenvalue weighted by Gasteiger charge is 2.22. The predicted octanol–water partition coefficient (Wildman–Crippen LogP) is 4.11. The molecule has 1 amide bonds. The Morgan fingerprint density at radius 2 is 1.94 bits per heavy atom. The van der Waals surface area contributed by atoms with Gasteiger partial charge in [0.25, 0.3) is 0 Å². The SMILES string of the molecule is COCCCNC(=O)C(C)Sc1nnc(Cc2ccccc2)n1-c1ccc(C)cc1C. The molecule has 3 rings (SSSR count). The van der Waals surface area contributed by atoms with Gasteiger partial charge in [0.1, 0.15) is 5.82 Å². The van der Waals surface area contributed by atoms with E-state index in [1.54, 1.807) is 7.11 Å². The number of aryl methyl sites for hydroxylation is 2. The third kappa shape index (κ3) is 6.18. The fourth-order valence-electron chi connectivity index (χ4n) is 3.35. The van der Waals surface area contributed by atoms with Gasteiger partial charge in [0.2, 0.25) is 5.91 Å². The van der Waals surface area contributed by atoms with Crippen molar-refractivity contribution in [2.75, 3.05) is 20.3 Å². The third-order valence-electron chi connectivity index (χ3n) is 4.97. The van der Waals surface area contributed by atoms with Crippen LogP contribution in [0.4, 0.5) is 0 Å². The zero-order valence-corrected chi connectivity index (χ0v) is 19.4. The third-order valence-corrected chi connectivity index (χ3v) is 6.02. The van der Waals surface area contributed by atoms with Crippen molar-refractivity contribution in [2.45, 2.75) is 44.0 Å². The Balaban J connectivity index is 1.86. The van der Waals surface area contributed by atoms with Crippen LogP contribution in [0.5, 0.6) is 0 Å². The molecular formula is C24H30N4O2S. The molecular weight excluding hydrogens is 408 g/mol. The molecule has 1 unspecified atom stereocenters. The van der Waals surface area contributed by atoms with Crippen LogP contribution in [0, 0.1) is 13.8 Å². The first-order valence-corrected chi connectivity index (χ1v) is 11.4. The van der Waals surface area contributed by atoms with Crippen molar-refractivity contribution < 1.29 is 9.53 Å². The molecule has 2 aromatic carbocycles. The normalized spacial score (nSPS) is 12.0. The number of amides is 1. The fraction of sp³-hybridized carbons (Fsp3) is 0.375. The molecule has 0 aliphatic carbocycles. The van der Waals surface area contributed by atoms with Gasteiger partial charge in [0, 0.05) is 26.7 Å². The second kappa shape index (κ2) is 11.1. The molecule has 1 heterocycles. The van der Waals surface area contributed by atoms with Gasteiger partial charge < -0.3 is 10.1 Å². The molecule has 1 aromatic heterocycles. The molecule has 1 N–H and O–H groups in total. The molecule has 0 saturated heterocycles. The van der Waals surface area contributed by atoms with E-state index in [0.29, 0.717) is 19.6 Å². The van der Waals surface area contributed by atoms with Crippen molar-refractivity contribution in [2.24, 2.45) is 0 Å². The Bertz CT molecular complexity index is 1000. The number of carbonyl (C=O) groups excluding carboxylic acids is 1. The molecule has 3 aromatic rings. The van der Waals surface area contributed by atoms with Crippen molar-refractivity contribution in [3.63, 3.8) is 0 Å². The van der Waals surface area contributed by atoms with Crippen molar-refractivity contribution >= 4 is 17.7 Å². The minimum Gasteiger partial charge on any atom is -0.385 e. The van der Waals surface area contributed by atoms with Gasteiger partial charge in [-0.15, -0.1) is 10.2 Å². The molecule has 7 heteroatoms. The second-order valence-electron chi connectivity index (χ2n) is 7.58. The Hall–Kier alpha value is -2.64. The highest BCUT2D eigenvalue weighted by Crippen LogP contribution is 2.28. The van der Waals surface area contributed by atoms with Crippen LogP contribution in [0.1, 0.15) is 35.9 Å². The van der Waals surface area contributed by atoms with E-state index < -0.39 is 0 Å². The van der Waals surface area contributed by atoms with Gasteiger partial charge in [-0.05, 0) is 44.4 Å². The van der Waals surface area contributed by atoms with Gasteiger partial charge in [-0.2, -0.15) is 0 Å². The lowest BCUT2D eigenvalue weighted by atomic mass is 10.1. The molecule has 0 bridgehead atoms. The molecule has 6 nitrogen and oxygen atoms in total. The molecule has 0 aliphatic heterocycles. The number of thioether (sulfide) groups is 1. The topological polar surface area (TPSA) is 69.0 Å². The lowest BCUT2D eigenvalue weighted by Gasteiger charge is -2.16. The minimum absolute atomic E-state index is 0.0131. The number of rotatable bonds is 10. The van der Waals surface area contributed by atoms with Crippen molar-refractivity contribution in [1.29, 1.82) is 0 Å². The Kier molecular flexibility index (Phi) is 8.26. The average Bonchev–Trinajstić information content (AvgIpc) is 3.13. The van der Waals surface area contributed by atoms with Crippen LogP contribution >= 0.6 is 11.8 Å². The number of nitrogens with one attached hydrogen (secondary N) is 1. The summed E-state index contributed by atoms with van der Waals surface area (Å²) in [4.78, 5) is 12.5. The lowest BCUT2D eigenvalue weighted by Crippen LogP contribution is -2.32. The van der Waals surface area contributed by atoms with E-state index in [-0.39, 0.29) is 11.2 Å². The number of aromatic nitrogens is 3. The van der Waals surface area contributed by atoms with E-state index in [1.165, 1.54) is 22.9 Å². The van der Waals surface area contributed by atoms with E-state index >= 15 is 0 Å². The monoisotopic (exact) mass is 438 g/mol. The van der Waals surface area contributed by atoms with Crippen LogP contribution in [-0.4, -0.2) is 46.2 Å². The number of methoxy groups -OCH3 is 1. The van der Waals surface area contributed by atoms with Crippen molar-refractivity contribution in [1.82, 2.24) is 20.1 Å². The molecule has 1 atom stereocenters. The van der Waals surface area contributed by atoms with Gasteiger partial charge in [-0.3, -0.25) is 9.36 Å². The average molecular weight is 439 g/mol. The maximum Gasteiger partial charge on any atom is 0.233 e. The fourth-order valence-corrected chi connectivity index (χ4v) is 4.25. The largest absolute Gasteiger partial charge is 0.385 e. The molecule has 164 valence electrons. The molecule has 0 aliphatic rings. The van der Waals surface area contributed by atoms with Crippen LogP contribution < -0.4 is 5.32 Å². The van der Waals surface area contributed by atoms with Gasteiger partial charge in [0.15, 0.2) is 5.16 Å². The zero-order valence-electron chi connectivity index (χ0n) is 18.6. The number of ether oxygens (including phenoxy) is 1. The highest BCUT2D eigenvalue weighted by molar-refractivity contribution is 8.00. The highest BCUT2D eigenvalue weighted by atomic mass is 32.2. The standard InChI is InChI=1S/C24H30N4O2S/c1-17-11-12-21(18(2)15-17)28-22(16-20-9-6-5-7-10-20)26-27-24(28)31-19(3)23(29)25-13-8-14-30-4/h5-7,9-12,15,19H,8,13-14,16H2,1-4H3,(H,25,29). The Morgan fingerprint density at radius 3 is 2.65 bits per heavy atom. The minimum atomic E-state index is -0.291. The lowest BCUT2D eigenvalue weighted by molar-refractivity contribution is -0.120. The van der Waals surface area contributed by atoms with Crippen LogP contribution in [-0.2, 0) is 16.0 Å². The zero-order chi connectivity index (χ0) is 22.2. The number of nitrogens with zero attached hydrogens (tertiary/aromatic N) is 3. The van der Waals surface area contributed by atoms with Crippen LogP contribution in [0.2, 0.25) is 0 Å². The number of carbonyl (C=O) groups is 1. The van der Waals surface area contributed by atoms with Gasteiger partial charge >= 0.3 is 0 Å². The predicted molar refractivity (Wildman–Crippen MR) is 125 cm³/mol.